The summed E-state index contributed by atoms with van der Waals surface area (Å²) in [5.41, 5.74) is 2.10. The highest BCUT2D eigenvalue weighted by Crippen LogP contribution is 2.34. The Hall–Kier alpha value is -3.18. The first kappa shape index (κ1) is 14.4. The van der Waals surface area contributed by atoms with E-state index in [2.05, 4.69) is 35.6 Å². The van der Waals surface area contributed by atoms with Crippen LogP contribution in [0.25, 0.3) is 33.5 Å². The van der Waals surface area contributed by atoms with Crippen LogP contribution in [0.2, 0.25) is 0 Å². The molecule has 4 rings (SSSR count). The number of aromatic nitrogens is 7. The number of sulfonamides is 1. The Morgan fingerprint density at radius 2 is 2.04 bits per heavy atom. The van der Waals surface area contributed by atoms with Crippen molar-refractivity contribution in [3.63, 3.8) is 0 Å². The van der Waals surface area contributed by atoms with Crippen molar-refractivity contribution < 1.29 is 8.42 Å². The molecular weight excluding hydrogens is 332 g/mol. The number of H-pyrrole nitrogens is 2. The fraction of sp³-hybridized carbons (Fsp3) is 0. The van der Waals surface area contributed by atoms with Gasteiger partial charge in [-0.05, 0) is 29.0 Å². The summed E-state index contributed by atoms with van der Waals surface area (Å²) in [7, 11) is -4.08. The minimum Gasteiger partial charge on any atom is -0.346 e. The molecule has 0 aliphatic carbocycles. The summed E-state index contributed by atoms with van der Waals surface area (Å²) in [5.74, 6) is 0.0799. The van der Waals surface area contributed by atoms with Crippen molar-refractivity contribution in [1.82, 2.24) is 35.6 Å². The lowest BCUT2D eigenvalue weighted by Crippen LogP contribution is -2.16. The third-order valence-corrected chi connectivity index (χ3v) is 4.31. The van der Waals surface area contributed by atoms with E-state index in [0.717, 1.165) is 11.0 Å². The maximum absolute atomic E-state index is 11.9. The number of rotatable bonds is 3. The highest BCUT2D eigenvalue weighted by atomic mass is 32.2. The van der Waals surface area contributed by atoms with Gasteiger partial charge in [0.1, 0.15) is 5.65 Å². The number of nitrogens with one attached hydrogen (secondary N) is 2. The molecule has 0 saturated carbocycles. The monoisotopic (exact) mass is 342 g/mol. The van der Waals surface area contributed by atoms with E-state index in [0.29, 0.717) is 11.1 Å². The molecule has 4 aromatic rings. The van der Waals surface area contributed by atoms with Gasteiger partial charge in [0, 0.05) is 29.5 Å². The molecule has 0 spiro atoms. The Bertz CT molecular complexity index is 1130. The Kier molecular flexibility index (Phi) is 3.11. The van der Waals surface area contributed by atoms with Crippen LogP contribution in [0.3, 0.4) is 0 Å². The van der Waals surface area contributed by atoms with Crippen LogP contribution >= 0.6 is 0 Å². The van der Waals surface area contributed by atoms with Crippen molar-refractivity contribution in [2.75, 3.05) is 0 Å². The first-order chi connectivity index (χ1) is 11.5. The van der Waals surface area contributed by atoms with Gasteiger partial charge in [0.2, 0.25) is 5.82 Å². The third-order valence-electron chi connectivity index (χ3n) is 3.47. The molecule has 0 saturated heterocycles. The number of primary sulfonamides is 1. The van der Waals surface area contributed by atoms with Crippen LogP contribution in [0.15, 0.2) is 41.8 Å². The lowest BCUT2D eigenvalue weighted by atomic mass is 10.0. The largest absolute Gasteiger partial charge is 0.346 e. The van der Waals surface area contributed by atoms with E-state index >= 15 is 0 Å². The molecule has 11 heteroatoms. The van der Waals surface area contributed by atoms with Crippen LogP contribution in [0, 0.1) is 0 Å². The molecule has 0 aromatic carbocycles. The van der Waals surface area contributed by atoms with E-state index in [4.69, 9.17) is 5.14 Å². The number of nitrogens with zero attached hydrogens (tertiary/aromatic N) is 5. The zero-order valence-electron chi connectivity index (χ0n) is 12.0. The van der Waals surface area contributed by atoms with Crippen molar-refractivity contribution in [3.8, 4) is 22.5 Å². The number of hydrogen-bond acceptors (Lipinski definition) is 7. The van der Waals surface area contributed by atoms with Gasteiger partial charge in [-0.1, -0.05) is 0 Å². The summed E-state index contributed by atoms with van der Waals surface area (Å²) < 4.78 is 23.8. The predicted octanol–water partition coefficient (Wildman–Crippen LogP) is 0.452. The first-order valence-corrected chi connectivity index (χ1v) is 8.28. The molecule has 120 valence electrons. The van der Waals surface area contributed by atoms with Crippen LogP contribution < -0.4 is 5.14 Å². The predicted molar refractivity (Wildman–Crippen MR) is 83.9 cm³/mol. The second kappa shape index (κ2) is 5.18. The molecule has 0 aliphatic heterocycles. The van der Waals surface area contributed by atoms with Crippen molar-refractivity contribution in [1.29, 1.82) is 0 Å². The topological polar surface area (TPSA) is 156 Å². The maximum Gasteiger partial charge on any atom is 0.256 e. The van der Waals surface area contributed by atoms with Gasteiger partial charge >= 0.3 is 0 Å². The zero-order valence-corrected chi connectivity index (χ0v) is 12.8. The number of hydrogen-bond donors (Lipinski definition) is 3. The SMILES string of the molecule is NS(=O)(=O)c1nccc(-c2cnc3[nH]ccc3c2)c1-c1nn[nH]n1. The molecule has 0 aliphatic rings. The molecular formula is C13H10N8O2S. The second-order valence-corrected chi connectivity index (χ2v) is 6.44. The quantitative estimate of drug-likeness (QED) is 0.488. The molecule has 4 heterocycles. The molecule has 4 aromatic heterocycles. The standard InChI is InChI=1S/C13H10N8O2S/c14-24(22,23)13-10(12-18-20-21-19-12)9(2-4-16-13)8-5-7-1-3-15-11(7)17-6-8/h1-6H,(H,15,17)(H2,14,22,23)(H,18,19,20,21). The van der Waals surface area contributed by atoms with E-state index in [1.807, 2.05) is 12.1 Å². The number of pyridine rings is 2. The van der Waals surface area contributed by atoms with E-state index in [1.54, 1.807) is 18.5 Å². The number of nitrogens with two attached hydrogens (primary N) is 1. The number of tetrazole rings is 1. The average Bonchev–Trinajstić information content (AvgIpc) is 3.24. The Labute approximate surface area is 135 Å². The average molecular weight is 342 g/mol. The minimum absolute atomic E-state index is 0.0799. The van der Waals surface area contributed by atoms with Gasteiger partial charge in [0.15, 0.2) is 5.03 Å². The summed E-state index contributed by atoms with van der Waals surface area (Å²) in [4.78, 5) is 11.2. The van der Waals surface area contributed by atoms with Crippen LogP contribution in [0.5, 0.6) is 0 Å². The van der Waals surface area contributed by atoms with Crippen molar-refractivity contribution in [3.05, 3.63) is 36.8 Å². The number of fused-ring (bicyclic) bond motifs is 1. The second-order valence-electron chi connectivity index (χ2n) is 4.96. The molecule has 0 radical (unpaired) electrons. The Balaban J connectivity index is 2.05. The molecule has 0 unspecified atom stereocenters. The molecule has 4 N–H and O–H groups in total. The van der Waals surface area contributed by atoms with Crippen LogP contribution in [-0.4, -0.2) is 44.0 Å². The first-order valence-electron chi connectivity index (χ1n) is 6.73. The van der Waals surface area contributed by atoms with Crippen molar-refractivity contribution in [2.24, 2.45) is 5.14 Å². The van der Waals surface area contributed by atoms with Crippen LogP contribution in [0.4, 0.5) is 0 Å². The lowest BCUT2D eigenvalue weighted by molar-refractivity contribution is 0.594. The summed E-state index contributed by atoms with van der Waals surface area (Å²) in [6.07, 6.45) is 4.74. The van der Waals surface area contributed by atoms with Crippen LogP contribution in [-0.2, 0) is 10.0 Å². The maximum atomic E-state index is 11.9. The highest BCUT2D eigenvalue weighted by Gasteiger charge is 2.24. The van der Waals surface area contributed by atoms with E-state index in [-0.39, 0.29) is 16.4 Å². The molecule has 0 atom stereocenters. The van der Waals surface area contributed by atoms with Gasteiger partial charge in [0.25, 0.3) is 10.0 Å². The highest BCUT2D eigenvalue weighted by molar-refractivity contribution is 7.89. The van der Waals surface area contributed by atoms with Crippen molar-refractivity contribution in [2.45, 2.75) is 5.03 Å². The molecule has 0 fully saturated rings. The third kappa shape index (κ3) is 2.31. The van der Waals surface area contributed by atoms with E-state index in [1.165, 1.54) is 6.20 Å². The van der Waals surface area contributed by atoms with Gasteiger partial charge in [-0.3, -0.25) is 0 Å². The van der Waals surface area contributed by atoms with Crippen LogP contribution in [0.1, 0.15) is 0 Å². The molecule has 10 nitrogen and oxygen atoms in total. The summed E-state index contributed by atoms with van der Waals surface area (Å²) >= 11 is 0. The van der Waals surface area contributed by atoms with E-state index in [9.17, 15) is 8.42 Å². The fourth-order valence-corrected chi connectivity index (χ4v) is 3.16. The summed E-state index contributed by atoms with van der Waals surface area (Å²) in [6.45, 7) is 0. The minimum atomic E-state index is -4.08. The normalized spacial score (nSPS) is 11.9. The fourth-order valence-electron chi connectivity index (χ4n) is 2.47. The zero-order chi connectivity index (χ0) is 16.7. The van der Waals surface area contributed by atoms with Gasteiger partial charge in [-0.25, -0.2) is 23.5 Å². The van der Waals surface area contributed by atoms with Gasteiger partial charge in [0.05, 0.1) is 5.56 Å². The van der Waals surface area contributed by atoms with E-state index < -0.39 is 10.0 Å². The Morgan fingerprint density at radius 1 is 1.17 bits per heavy atom. The van der Waals surface area contributed by atoms with Gasteiger partial charge < -0.3 is 4.98 Å². The smallest absolute Gasteiger partial charge is 0.256 e. The van der Waals surface area contributed by atoms with Gasteiger partial charge in [-0.2, -0.15) is 5.21 Å². The summed E-state index contributed by atoms with van der Waals surface area (Å²) in [5, 5.41) is 19.3. The summed E-state index contributed by atoms with van der Waals surface area (Å²) in [6, 6.07) is 5.38. The van der Waals surface area contributed by atoms with Gasteiger partial charge in [-0.15, -0.1) is 10.2 Å². The Morgan fingerprint density at radius 3 is 2.79 bits per heavy atom. The molecule has 0 bridgehead atoms. The number of aromatic amines is 2. The lowest BCUT2D eigenvalue weighted by Gasteiger charge is -2.10. The van der Waals surface area contributed by atoms with Crippen molar-refractivity contribution >= 4 is 21.1 Å². The molecule has 0 amide bonds. The molecule has 24 heavy (non-hydrogen) atoms.